The maximum Gasteiger partial charge on any atom is 0.335 e. The third-order valence-electron chi connectivity index (χ3n) is 2.84. The lowest BCUT2D eigenvalue weighted by Gasteiger charge is -2.09. The Hall–Kier alpha value is -1.66. The molecule has 0 saturated heterocycles. The molecule has 6 heteroatoms. The second kappa shape index (κ2) is 6.41. The van der Waals surface area contributed by atoms with Crippen LogP contribution in [0.25, 0.3) is 0 Å². The van der Waals surface area contributed by atoms with Gasteiger partial charge in [0.2, 0.25) is 0 Å². The number of hydrogen-bond donors (Lipinski definition) is 2. The number of aryl methyl sites for hydroxylation is 1. The highest BCUT2D eigenvalue weighted by Gasteiger charge is 2.12. The molecule has 0 spiro atoms. The van der Waals surface area contributed by atoms with Crippen molar-refractivity contribution in [2.24, 2.45) is 0 Å². The van der Waals surface area contributed by atoms with Gasteiger partial charge in [-0.1, -0.05) is 31.9 Å². The van der Waals surface area contributed by atoms with Crippen molar-refractivity contribution in [1.29, 1.82) is 0 Å². The fourth-order valence-corrected chi connectivity index (χ4v) is 2.83. The van der Waals surface area contributed by atoms with Gasteiger partial charge in [-0.15, -0.1) is 0 Å². The van der Waals surface area contributed by atoms with Crippen LogP contribution in [0.2, 0.25) is 0 Å². The zero-order valence-electron chi connectivity index (χ0n) is 11.0. The predicted octanol–water partition coefficient (Wildman–Crippen LogP) is 4.47. The average Bonchev–Trinajstić information content (AvgIpc) is 2.37. The lowest BCUT2D eigenvalue weighted by molar-refractivity contribution is 0.0696. The summed E-state index contributed by atoms with van der Waals surface area (Å²) in [5.41, 5.74) is 1.90. The van der Waals surface area contributed by atoms with Gasteiger partial charge in [0, 0.05) is 20.2 Å². The van der Waals surface area contributed by atoms with Crippen LogP contribution in [-0.2, 0) is 0 Å². The minimum atomic E-state index is -1.05. The Bertz CT molecular complexity index is 729. The number of carbonyl (C=O) groups is 2. The van der Waals surface area contributed by atoms with Gasteiger partial charge in [0.25, 0.3) is 5.91 Å². The summed E-state index contributed by atoms with van der Waals surface area (Å²) in [6, 6.07) is 9.88. The van der Waals surface area contributed by atoms with E-state index in [9.17, 15) is 9.59 Å². The highest BCUT2D eigenvalue weighted by Crippen LogP contribution is 2.22. The number of nitrogens with one attached hydrogen (secondary N) is 1. The Morgan fingerprint density at radius 3 is 2.38 bits per heavy atom. The quantitative estimate of drug-likeness (QED) is 0.781. The number of carboxylic acids is 1. The van der Waals surface area contributed by atoms with Crippen LogP contribution in [0.5, 0.6) is 0 Å². The molecule has 0 saturated carbocycles. The molecule has 0 unspecified atom stereocenters. The molecule has 0 bridgehead atoms. The summed E-state index contributed by atoms with van der Waals surface area (Å²) in [5.74, 6) is -1.33. The Morgan fingerprint density at radius 2 is 1.76 bits per heavy atom. The number of amides is 1. The minimum Gasteiger partial charge on any atom is -0.478 e. The van der Waals surface area contributed by atoms with Gasteiger partial charge in [-0.3, -0.25) is 4.79 Å². The minimum absolute atomic E-state index is 0.104. The van der Waals surface area contributed by atoms with E-state index in [2.05, 4.69) is 37.2 Å². The molecule has 108 valence electrons. The van der Waals surface area contributed by atoms with Crippen LogP contribution in [0, 0.1) is 6.92 Å². The molecule has 4 nitrogen and oxygen atoms in total. The van der Waals surface area contributed by atoms with E-state index in [1.54, 1.807) is 18.2 Å². The first-order valence-corrected chi connectivity index (χ1v) is 7.57. The molecule has 0 aliphatic heterocycles. The first kappa shape index (κ1) is 15.7. The second-order valence-electron chi connectivity index (χ2n) is 4.45. The van der Waals surface area contributed by atoms with Gasteiger partial charge in [-0.05, 0) is 48.9 Å². The van der Waals surface area contributed by atoms with Gasteiger partial charge in [0.05, 0.1) is 5.56 Å². The van der Waals surface area contributed by atoms with Crippen LogP contribution in [0.3, 0.4) is 0 Å². The number of rotatable bonds is 3. The van der Waals surface area contributed by atoms with Crippen molar-refractivity contribution in [3.8, 4) is 0 Å². The van der Waals surface area contributed by atoms with E-state index in [4.69, 9.17) is 5.11 Å². The molecule has 0 radical (unpaired) electrons. The molecule has 2 aromatic carbocycles. The summed E-state index contributed by atoms with van der Waals surface area (Å²) in [7, 11) is 0. The molecule has 2 rings (SSSR count). The fourth-order valence-electron chi connectivity index (χ4n) is 1.87. The Labute approximate surface area is 138 Å². The number of carbonyl (C=O) groups excluding carboxylic acids is 1. The molecule has 0 heterocycles. The summed E-state index contributed by atoms with van der Waals surface area (Å²) in [6.45, 7) is 1.84. The van der Waals surface area contributed by atoms with E-state index < -0.39 is 5.97 Å². The van der Waals surface area contributed by atoms with E-state index in [0.717, 1.165) is 10.0 Å². The standard InChI is InChI=1S/C15H11Br2NO3/c1-8-4-10(16)2-3-13(8)14(19)18-12-6-9(15(20)21)5-11(17)7-12/h2-7H,1H3,(H,18,19)(H,20,21). The lowest BCUT2D eigenvalue weighted by atomic mass is 10.1. The molecule has 2 N–H and O–H groups in total. The highest BCUT2D eigenvalue weighted by atomic mass is 79.9. The van der Waals surface area contributed by atoms with Gasteiger partial charge in [-0.2, -0.15) is 0 Å². The van der Waals surface area contributed by atoms with Crippen LogP contribution in [0.1, 0.15) is 26.3 Å². The van der Waals surface area contributed by atoms with E-state index in [-0.39, 0.29) is 11.5 Å². The van der Waals surface area contributed by atoms with Gasteiger partial charge in [-0.25, -0.2) is 4.79 Å². The van der Waals surface area contributed by atoms with Crippen LogP contribution in [0.4, 0.5) is 5.69 Å². The Morgan fingerprint density at radius 1 is 1.05 bits per heavy atom. The third kappa shape index (κ3) is 3.92. The van der Waals surface area contributed by atoms with E-state index in [1.807, 2.05) is 13.0 Å². The number of aromatic carboxylic acids is 1. The highest BCUT2D eigenvalue weighted by molar-refractivity contribution is 9.10. The molecule has 0 aliphatic carbocycles. The van der Waals surface area contributed by atoms with Crippen LogP contribution in [0.15, 0.2) is 45.3 Å². The van der Waals surface area contributed by atoms with Crippen molar-refractivity contribution < 1.29 is 14.7 Å². The van der Waals surface area contributed by atoms with Gasteiger partial charge in [0.15, 0.2) is 0 Å². The smallest absolute Gasteiger partial charge is 0.335 e. The zero-order chi connectivity index (χ0) is 15.6. The predicted molar refractivity (Wildman–Crippen MR) is 87.9 cm³/mol. The third-order valence-corrected chi connectivity index (χ3v) is 3.79. The molecule has 21 heavy (non-hydrogen) atoms. The van der Waals surface area contributed by atoms with Crippen molar-refractivity contribution in [2.45, 2.75) is 6.92 Å². The zero-order valence-corrected chi connectivity index (χ0v) is 14.2. The van der Waals surface area contributed by atoms with Crippen LogP contribution in [-0.4, -0.2) is 17.0 Å². The van der Waals surface area contributed by atoms with Crippen molar-refractivity contribution in [3.05, 3.63) is 62.0 Å². The number of hydrogen-bond acceptors (Lipinski definition) is 2. The summed E-state index contributed by atoms with van der Waals surface area (Å²) < 4.78 is 1.48. The topological polar surface area (TPSA) is 66.4 Å². The van der Waals surface area contributed by atoms with Gasteiger partial charge >= 0.3 is 5.97 Å². The summed E-state index contributed by atoms with van der Waals surface area (Å²) in [6.07, 6.45) is 0. The maximum atomic E-state index is 12.2. The monoisotopic (exact) mass is 411 g/mol. The molecule has 0 fully saturated rings. The fraction of sp³-hybridized carbons (Fsp3) is 0.0667. The average molecular weight is 413 g/mol. The molecule has 0 atom stereocenters. The SMILES string of the molecule is Cc1cc(Br)ccc1C(=O)Nc1cc(Br)cc(C(=O)O)c1. The number of halogens is 2. The molecular formula is C15H11Br2NO3. The molecule has 1 amide bonds. The summed E-state index contributed by atoms with van der Waals surface area (Å²) in [4.78, 5) is 23.3. The largest absolute Gasteiger partial charge is 0.478 e. The first-order valence-electron chi connectivity index (χ1n) is 5.98. The number of anilines is 1. The summed E-state index contributed by atoms with van der Waals surface area (Å²) >= 11 is 6.57. The van der Waals surface area contributed by atoms with E-state index in [1.165, 1.54) is 12.1 Å². The maximum absolute atomic E-state index is 12.2. The molecule has 0 aromatic heterocycles. The summed E-state index contributed by atoms with van der Waals surface area (Å²) in [5, 5.41) is 11.7. The van der Waals surface area contributed by atoms with Crippen LogP contribution >= 0.6 is 31.9 Å². The normalized spacial score (nSPS) is 10.2. The second-order valence-corrected chi connectivity index (χ2v) is 6.28. The molecule has 2 aromatic rings. The Balaban J connectivity index is 2.29. The van der Waals surface area contributed by atoms with E-state index >= 15 is 0 Å². The molecular weight excluding hydrogens is 402 g/mol. The van der Waals surface area contributed by atoms with Gasteiger partial charge < -0.3 is 10.4 Å². The van der Waals surface area contributed by atoms with Crippen molar-refractivity contribution in [2.75, 3.05) is 5.32 Å². The van der Waals surface area contributed by atoms with Crippen LogP contribution < -0.4 is 5.32 Å². The van der Waals surface area contributed by atoms with Crippen molar-refractivity contribution in [3.63, 3.8) is 0 Å². The molecule has 0 aliphatic rings. The Kier molecular flexibility index (Phi) is 4.80. The van der Waals surface area contributed by atoms with E-state index in [0.29, 0.717) is 15.7 Å². The number of benzene rings is 2. The number of carboxylic acid groups (broad SMARTS) is 1. The van der Waals surface area contributed by atoms with Crippen molar-refractivity contribution >= 4 is 49.4 Å². The van der Waals surface area contributed by atoms with Gasteiger partial charge in [0.1, 0.15) is 0 Å². The first-order chi connectivity index (χ1) is 9.86. The lowest BCUT2D eigenvalue weighted by Crippen LogP contribution is -2.14. The van der Waals surface area contributed by atoms with Crippen molar-refractivity contribution in [1.82, 2.24) is 0 Å².